The van der Waals surface area contributed by atoms with Gasteiger partial charge >= 0.3 is 5.97 Å². The first kappa shape index (κ1) is 16.0. The molecule has 0 amide bonds. The van der Waals surface area contributed by atoms with Gasteiger partial charge in [0, 0.05) is 0 Å². The Labute approximate surface area is 119 Å². The molecule has 1 N–H and O–H groups in total. The first-order valence-electron chi connectivity index (χ1n) is 6.42. The predicted octanol–water partition coefficient (Wildman–Crippen LogP) is 3.71. The normalized spacial score (nSPS) is 11.6. The van der Waals surface area contributed by atoms with Crippen molar-refractivity contribution in [3.8, 4) is 0 Å². The fraction of sp³-hybridized carbons (Fsp3) is 0.643. The molecule has 1 aromatic rings. The summed E-state index contributed by atoms with van der Waals surface area (Å²) in [5, 5.41) is 9.82. The number of rotatable bonds is 5. The summed E-state index contributed by atoms with van der Waals surface area (Å²) in [5.74, 6) is 0.560. The number of carboxylic acids is 1. The summed E-state index contributed by atoms with van der Waals surface area (Å²) in [4.78, 5) is 19.6. The van der Waals surface area contributed by atoms with Gasteiger partial charge in [-0.1, -0.05) is 20.8 Å². The third-order valence-corrected chi connectivity index (χ3v) is 3.75. The Morgan fingerprint density at radius 3 is 2.42 bits per heavy atom. The van der Waals surface area contributed by atoms with Crippen LogP contribution in [-0.2, 0) is 0 Å². The predicted molar refractivity (Wildman–Crippen MR) is 77.9 cm³/mol. The highest BCUT2D eigenvalue weighted by molar-refractivity contribution is 7.99. The molecule has 5 heteroatoms. The van der Waals surface area contributed by atoms with Gasteiger partial charge in [-0.25, -0.2) is 14.8 Å². The molecular formula is C14H22N2O2S. The summed E-state index contributed by atoms with van der Waals surface area (Å²) < 4.78 is 0. The van der Waals surface area contributed by atoms with Gasteiger partial charge in [-0.15, -0.1) is 11.8 Å². The number of aryl methyl sites for hydroxylation is 2. The molecule has 0 saturated heterocycles. The Hall–Kier alpha value is -1.10. The molecule has 106 valence electrons. The van der Waals surface area contributed by atoms with E-state index < -0.39 is 5.97 Å². The van der Waals surface area contributed by atoms with Gasteiger partial charge in [0.1, 0.15) is 16.4 Å². The minimum atomic E-state index is -0.948. The number of aromatic nitrogens is 2. The molecule has 4 nitrogen and oxygen atoms in total. The van der Waals surface area contributed by atoms with E-state index in [0.717, 1.165) is 18.6 Å². The molecule has 19 heavy (non-hydrogen) atoms. The zero-order valence-electron chi connectivity index (χ0n) is 12.3. The van der Waals surface area contributed by atoms with Crippen molar-refractivity contribution < 1.29 is 9.90 Å². The van der Waals surface area contributed by atoms with E-state index in [9.17, 15) is 9.90 Å². The Bertz CT molecular complexity index is 467. The molecular weight excluding hydrogens is 260 g/mol. The van der Waals surface area contributed by atoms with Gasteiger partial charge in [0.05, 0.1) is 5.69 Å². The summed E-state index contributed by atoms with van der Waals surface area (Å²) >= 11 is 1.51. The van der Waals surface area contributed by atoms with Crippen molar-refractivity contribution >= 4 is 17.7 Å². The molecule has 0 aromatic carbocycles. The lowest BCUT2D eigenvalue weighted by Gasteiger charge is -2.17. The molecule has 1 heterocycles. The maximum absolute atomic E-state index is 11.3. The Kier molecular flexibility index (Phi) is 5.35. The second-order valence-electron chi connectivity index (χ2n) is 5.85. The number of hydrogen-bond donors (Lipinski definition) is 1. The molecule has 0 unspecified atom stereocenters. The van der Waals surface area contributed by atoms with E-state index in [4.69, 9.17) is 0 Å². The average Bonchev–Trinajstić information content (AvgIpc) is 2.21. The Morgan fingerprint density at radius 1 is 1.26 bits per heavy atom. The second-order valence-corrected chi connectivity index (χ2v) is 6.94. The van der Waals surface area contributed by atoms with E-state index in [2.05, 4.69) is 30.7 Å². The third kappa shape index (κ3) is 5.19. The van der Waals surface area contributed by atoms with E-state index in [0.29, 0.717) is 22.0 Å². The number of carboxylic acid groups (broad SMARTS) is 1. The fourth-order valence-corrected chi connectivity index (χ4v) is 2.86. The van der Waals surface area contributed by atoms with Crippen molar-refractivity contribution in [2.75, 3.05) is 5.75 Å². The van der Waals surface area contributed by atoms with Crippen LogP contribution in [-0.4, -0.2) is 26.8 Å². The van der Waals surface area contributed by atoms with Gasteiger partial charge < -0.3 is 5.11 Å². The molecule has 0 bridgehead atoms. The van der Waals surface area contributed by atoms with Crippen molar-refractivity contribution in [2.45, 2.75) is 52.5 Å². The largest absolute Gasteiger partial charge is 0.478 e. The van der Waals surface area contributed by atoms with Crippen LogP contribution in [0.4, 0.5) is 0 Å². The smallest absolute Gasteiger partial charge is 0.340 e. The number of hydrogen-bond acceptors (Lipinski definition) is 4. The Morgan fingerprint density at radius 2 is 1.89 bits per heavy atom. The second kappa shape index (κ2) is 6.37. The highest BCUT2D eigenvalue weighted by Gasteiger charge is 2.17. The first-order valence-corrected chi connectivity index (χ1v) is 7.40. The summed E-state index contributed by atoms with van der Waals surface area (Å²) in [6, 6.07) is 0. The van der Waals surface area contributed by atoms with Crippen molar-refractivity contribution in [1.29, 1.82) is 0 Å². The maximum Gasteiger partial charge on any atom is 0.340 e. The number of thioether (sulfide) groups is 1. The number of carbonyl (C=O) groups is 1. The summed E-state index contributed by atoms with van der Waals surface area (Å²) in [5.41, 5.74) is 1.10. The molecule has 0 atom stereocenters. The molecule has 0 aliphatic rings. The quantitative estimate of drug-likeness (QED) is 0.506. The van der Waals surface area contributed by atoms with Crippen molar-refractivity contribution in [3.05, 3.63) is 17.1 Å². The summed E-state index contributed by atoms with van der Waals surface area (Å²) in [6.45, 7) is 10.1. The molecule has 0 aliphatic carbocycles. The summed E-state index contributed by atoms with van der Waals surface area (Å²) in [7, 11) is 0. The van der Waals surface area contributed by atoms with Crippen LogP contribution in [0.25, 0.3) is 0 Å². The van der Waals surface area contributed by atoms with Crippen molar-refractivity contribution in [2.24, 2.45) is 5.41 Å². The molecule has 1 aromatic heterocycles. The van der Waals surface area contributed by atoms with Crippen LogP contribution in [0.3, 0.4) is 0 Å². The van der Waals surface area contributed by atoms with Crippen LogP contribution in [0.1, 0.15) is 55.5 Å². The van der Waals surface area contributed by atoms with E-state index >= 15 is 0 Å². The van der Waals surface area contributed by atoms with Crippen LogP contribution >= 0.6 is 11.8 Å². The van der Waals surface area contributed by atoms with Crippen molar-refractivity contribution in [1.82, 2.24) is 9.97 Å². The SMILES string of the molecule is Cc1nc(C)c(C(=O)O)c(SCCCC(C)(C)C)n1. The van der Waals surface area contributed by atoms with Gasteiger partial charge in [0.2, 0.25) is 0 Å². The van der Waals surface area contributed by atoms with Crippen LogP contribution < -0.4 is 0 Å². The van der Waals surface area contributed by atoms with E-state index in [1.54, 1.807) is 13.8 Å². The highest BCUT2D eigenvalue weighted by atomic mass is 32.2. The number of nitrogens with zero attached hydrogens (tertiary/aromatic N) is 2. The molecule has 1 rings (SSSR count). The molecule has 0 aliphatic heterocycles. The standard InChI is InChI=1S/C14H22N2O2S/c1-9-11(13(17)18)12(16-10(2)15-9)19-8-6-7-14(3,4)5/h6-8H2,1-5H3,(H,17,18). The lowest BCUT2D eigenvalue weighted by atomic mass is 9.91. The van der Waals surface area contributed by atoms with Gasteiger partial charge in [-0.2, -0.15) is 0 Å². The monoisotopic (exact) mass is 282 g/mol. The van der Waals surface area contributed by atoms with Crippen molar-refractivity contribution in [3.63, 3.8) is 0 Å². The fourth-order valence-electron chi connectivity index (χ4n) is 1.80. The van der Waals surface area contributed by atoms with E-state index in [1.165, 1.54) is 11.8 Å². The van der Waals surface area contributed by atoms with Gasteiger partial charge in [-0.3, -0.25) is 0 Å². The van der Waals surface area contributed by atoms with E-state index in [-0.39, 0.29) is 5.56 Å². The average molecular weight is 282 g/mol. The maximum atomic E-state index is 11.3. The minimum absolute atomic E-state index is 0.242. The van der Waals surface area contributed by atoms with Gasteiger partial charge in [0.15, 0.2) is 0 Å². The lowest BCUT2D eigenvalue weighted by molar-refractivity contribution is 0.0690. The van der Waals surface area contributed by atoms with Crippen LogP contribution in [0.5, 0.6) is 0 Å². The van der Waals surface area contributed by atoms with Crippen LogP contribution in [0, 0.1) is 19.3 Å². The van der Waals surface area contributed by atoms with Crippen LogP contribution in [0.15, 0.2) is 5.03 Å². The van der Waals surface area contributed by atoms with Crippen LogP contribution in [0.2, 0.25) is 0 Å². The molecule has 0 radical (unpaired) electrons. The highest BCUT2D eigenvalue weighted by Crippen LogP contribution is 2.27. The van der Waals surface area contributed by atoms with Gasteiger partial charge in [0.25, 0.3) is 0 Å². The number of aromatic carboxylic acids is 1. The molecule has 0 spiro atoms. The summed E-state index contributed by atoms with van der Waals surface area (Å²) in [6.07, 6.45) is 2.17. The van der Waals surface area contributed by atoms with E-state index in [1.807, 2.05) is 0 Å². The lowest BCUT2D eigenvalue weighted by Crippen LogP contribution is -2.09. The third-order valence-electron chi connectivity index (χ3n) is 2.69. The van der Waals surface area contributed by atoms with Gasteiger partial charge in [-0.05, 0) is 37.9 Å². The Balaban J connectivity index is 2.75. The first-order chi connectivity index (χ1) is 8.70. The molecule has 0 saturated carbocycles. The minimum Gasteiger partial charge on any atom is -0.478 e. The molecule has 0 fully saturated rings. The zero-order valence-corrected chi connectivity index (χ0v) is 13.1. The topological polar surface area (TPSA) is 63.1 Å². The zero-order chi connectivity index (χ0) is 14.6.